The predicted molar refractivity (Wildman–Crippen MR) is 95.7 cm³/mol. The van der Waals surface area contributed by atoms with Crippen LogP contribution in [0.4, 0.5) is 0 Å². The fourth-order valence-electron chi connectivity index (χ4n) is 3.58. The van der Waals surface area contributed by atoms with E-state index in [4.69, 9.17) is 11.6 Å². The van der Waals surface area contributed by atoms with Gasteiger partial charge in [-0.2, -0.15) is 5.10 Å². The van der Waals surface area contributed by atoms with Crippen molar-refractivity contribution in [2.45, 2.75) is 31.5 Å². The summed E-state index contributed by atoms with van der Waals surface area (Å²) in [6.45, 7) is 0.663. The Morgan fingerprint density at radius 2 is 2.27 bits per heavy atom. The fourth-order valence-corrected chi connectivity index (χ4v) is 3.74. The van der Waals surface area contributed by atoms with Crippen molar-refractivity contribution in [3.05, 3.63) is 41.6 Å². The summed E-state index contributed by atoms with van der Waals surface area (Å²) in [7, 11) is 1.83. The van der Waals surface area contributed by atoms with Crippen molar-refractivity contribution in [3.63, 3.8) is 0 Å². The zero-order valence-corrected chi connectivity index (χ0v) is 15.0. The highest BCUT2D eigenvalue weighted by molar-refractivity contribution is 6.30. The summed E-state index contributed by atoms with van der Waals surface area (Å²) >= 11 is 5.89. The van der Waals surface area contributed by atoms with Crippen LogP contribution >= 0.6 is 11.6 Å². The molecule has 26 heavy (non-hydrogen) atoms. The van der Waals surface area contributed by atoms with Crippen LogP contribution in [0.3, 0.4) is 0 Å². The molecular weight excluding hydrogens is 356 g/mol. The number of rotatable bonds is 4. The topological polar surface area (TPSA) is 97.9 Å². The zero-order valence-electron chi connectivity index (χ0n) is 14.2. The van der Waals surface area contributed by atoms with E-state index in [0.29, 0.717) is 41.1 Å². The van der Waals surface area contributed by atoms with E-state index in [2.05, 4.69) is 20.4 Å². The molecule has 1 fully saturated rings. The summed E-state index contributed by atoms with van der Waals surface area (Å²) in [6.07, 6.45) is 7.27. The average Bonchev–Trinajstić information content (AvgIpc) is 3.28. The van der Waals surface area contributed by atoms with Gasteiger partial charge < -0.3 is 15.0 Å². The van der Waals surface area contributed by atoms with Gasteiger partial charge in [0.05, 0.1) is 35.3 Å². The molecular formula is C17H19ClN6O2. The van der Waals surface area contributed by atoms with Crippen molar-refractivity contribution in [3.8, 4) is 0 Å². The number of pyridine rings is 1. The van der Waals surface area contributed by atoms with E-state index >= 15 is 0 Å². The molecule has 3 heterocycles. The monoisotopic (exact) mass is 374 g/mol. The highest BCUT2D eigenvalue weighted by Crippen LogP contribution is 2.28. The third-order valence-electron chi connectivity index (χ3n) is 4.83. The van der Waals surface area contributed by atoms with Crippen LogP contribution in [0.1, 0.15) is 23.2 Å². The molecule has 3 aromatic rings. The standard InChI is InChI=1S/C17H19ClN6O2/c1-23-9-20-15-12(2-3-19-16(15)23)17(26)22-13-4-10(5-14(13)25)7-24-8-11(18)6-21-24/h2-3,6,8-10,13-14,25H,4-5,7H2,1H3,(H,22,26)/t10?,13-,14-/m1/s1. The number of aryl methyl sites for hydroxylation is 1. The SMILES string of the molecule is Cn1cnc2c(C(=O)N[C@@H]3CC(Cn4cc(Cl)cn4)C[C@H]3O)ccnc21. The van der Waals surface area contributed by atoms with Crippen LogP contribution in [0, 0.1) is 5.92 Å². The number of fused-ring (bicyclic) bond motifs is 1. The van der Waals surface area contributed by atoms with Crippen molar-refractivity contribution in [2.75, 3.05) is 0 Å². The van der Waals surface area contributed by atoms with E-state index in [1.54, 1.807) is 40.2 Å². The summed E-state index contributed by atoms with van der Waals surface area (Å²) in [5.74, 6) is -0.0264. The number of hydrogen-bond donors (Lipinski definition) is 2. The van der Waals surface area contributed by atoms with Crippen molar-refractivity contribution >= 4 is 28.7 Å². The lowest BCUT2D eigenvalue weighted by molar-refractivity contribution is 0.0874. The highest BCUT2D eigenvalue weighted by atomic mass is 35.5. The van der Waals surface area contributed by atoms with Crippen molar-refractivity contribution in [1.29, 1.82) is 0 Å². The molecule has 1 saturated carbocycles. The van der Waals surface area contributed by atoms with Crippen LogP contribution in [0.15, 0.2) is 31.0 Å². The third-order valence-corrected chi connectivity index (χ3v) is 5.03. The summed E-state index contributed by atoms with van der Waals surface area (Å²) in [5, 5.41) is 18.1. The van der Waals surface area contributed by atoms with E-state index in [-0.39, 0.29) is 17.9 Å². The number of imidazole rings is 1. The van der Waals surface area contributed by atoms with E-state index in [9.17, 15) is 9.90 Å². The Balaban J connectivity index is 1.45. The number of nitrogens with zero attached hydrogens (tertiary/aromatic N) is 5. The van der Waals surface area contributed by atoms with Crippen LogP contribution < -0.4 is 5.32 Å². The Hall–Kier alpha value is -2.45. The number of nitrogens with one attached hydrogen (secondary N) is 1. The second-order valence-electron chi connectivity index (χ2n) is 6.75. The van der Waals surface area contributed by atoms with Gasteiger partial charge >= 0.3 is 0 Å². The largest absolute Gasteiger partial charge is 0.391 e. The number of hydrogen-bond acceptors (Lipinski definition) is 5. The first-order valence-electron chi connectivity index (χ1n) is 8.44. The fraction of sp³-hybridized carbons (Fsp3) is 0.412. The predicted octanol–water partition coefficient (Wildman–Crippen LogP) is 1.39. The normalized spacial score (nSPS) is 22.8. The molecule has 0 aromatic carbocycles. The maximum Gasteiger partial charge on any atom is 0.253 e. The number of halogens is 1. The lowest BCUT2D eigenvalue weighted by Crippen LogP contribution is -2.40. The maximum absolute atomic E-state index is 12.7. The van der Waals surface area contributed by atoms with Crippen molar-refractivity contribution < 1.29 is 9.90 Å². The van der Waals surface area contributed by atoms with Gasteiger partial charge in [-0.3, -0.25) is 9.48 Å². The molecule has 1 amide bonds. The quantitative estimate of drug-likeness (QED) is 0.719. The van der Waals surface area contributed by atoms with Gasteiger partial charge in [-0.25, -0.2) is 9.97 Å². The summed E-state index contributed by atoms with van der Waals surface area (Å²) in [5.41, 5.74) is 1.67. The molecule has 136 valence electrons. The Bertz CT molecular complexity index is 952. The summed E-state index contributed by atoms with van der Waals surface area (Å²) < 4.78 is 3.53. The van der Waals surface area contributed by atoms with E-state index in [1.807, 2.05) is 7.05 Å². The molecule has 0 aliphatic heterocycles. The molecule has 9 heteroatoms. The molecule has 0 saturated heterocycles. The number of aliphatic hydroxyl groups excluding tert-OH is 1. The Kier molecular flexibility index (Phi) is 4.37. The molecule has 0 spiro atoms. The van der Waals surface area contributed by atoms with E-state index < -0.39 is 6.10 Å². The van der Waals surface area contributed by atoms with Crippen molar-refractivity contribution in [2.24, 2.45) is 13.0 Å². The molecule has 4 rings (SSSR count). The molecule has 0 bridgehead atoms. The van der Waals surface area contributed by atoms with Crippen LogP contribution in [0.25, 0.3) is 11.2 Å². The number of carbonyl (C=O) groups is 1. The first-order chi connectivity index (χ1) is 12.5. The Morgan fingerprint density at radius 3 is 3.04 bits per heavy atom. The summed E-state index contributed by atoms with van der Waals surface area (Å²) in [4.78, 5) is 21.2. The zero-order chi connectivity index (χ0) is 18.3. The average molecular weight is 375 g/mol. The van der Waals surface area contributed by atoms with Gasteiger partial charge in [-0.1, -0.05) is 11.6 Å². The molecule has 0 radical (unpaired) electrons. The highest BCUT2D eigenvalue weighted by Gasteiger charge is 2.34. The van der Waals surface area contributed by atoms with Gasteiger partial charge in [0.25, 0.3) is 5.91 Å². The minimum atomic E-state index is -0.587. The van der Waals surface area contributed by atoms with Gasteiger partial charge in [0.2, 0.25) is 0 Å². The smallest absolute Gasteiger partial charge is 0.253 e. The lowest BCUT2D eigenvalue weighted by atomic mass is 10.1. The molecule has 1 aliphatic rings. The second kappa shape index (κ2) is 6.69. The minimum absolute atomic E-state index is 0.221. The molecule has 1 unspecified atom stereocenters. The Morgan fingerprint density at radius 1 is 1.42 bits per heavy atom. The first-order valence-corrected chi connectivity index (χ1v) is 8.82. The second-order valence-corrected chi connectivity index (χ2v) is 7.19. The third kappa shape index (κ3) is 3.17. The molecule has 8 nitrogen and oxygen atoms in total. The molecule has 1 aliphatic carbocycles. The first kappa shape index (κ1) is 17.0. The Labute approximate surface area is 154 Å². The van der Waals surface area contributed by atoms with E-state index in [0.717, 1.165) is 0 Å². The van der Waals surface area contributed by atoms with E-state index in [1.165, 1.54) is 0 Å². The number of aromatic nitrogens is 5. The molecule has 3 aromatic heterocycles. The molecule has 2 N–H and O–H groups in total. The van der Waals surface area contributed by atoms with Gasteiger partial charge in [0.15, 0.2) is 5.65 Å². The molecule has 3 atom stereocenters. The van der Waals surface area contributed by atoms with Gasteiger partial charge in [-0.15, -0.1) is 0 Å². The van der Waals surface area contributed by atoms with Crippen molar-refractivity contribution in [1.82, 2.24) is 29.6 Å². The number of amides is 1. The van der Waals surface area contributed by atoms with Gasteiger partial charge in [0.1, 0.15) is 5.52 Å². The van der Waals surface area contributed by atoms with Gasteiger partial charge in [0, 0.05) is 26.0 Å². The van der Waals surface area contributed by atoms with Crippen LogP contribution in [0.2, 0.25) is 5.02 Å². The van der Waals surface area contributed by atoms with Gasteiger partial charge in [-0.05, 0) is 24.8 Å². The number of carbonyl (C=O) groups excluding carboxylic acids is 1. The van der Waals surface area contributed by atoms with Crippen LogP contribution in [0.5, 0.6) is 0 Å². The maximum atomic E-state index is 12.7. The lowest BCUT2D eigenvalue weighted by Gasteiger charge is -2.16. The number of aliphatic hydroxyl groups is 1. The minimum Gasteiger partial charge on any atom is -0.391 e. The van der Waals surface area contributed by atoms with Crippen LogP contribution in [-0.4, -0.2) is 47.5 Å². The summed E-state index contributed by atoms with van der Waals surface area (Å²) in [6, 6.07) is 1.35. The van der Waals surface area contributed by atoms with Crippen LogP contribution in [-0.2, 0) is 13.6 Å².